The molecule has 0 unspecified atom stereocenters. The van der Waals surface area contributed by atoms with Crippen molar-refractivity contribution in [2.45, 2.75) is 19.4 Å². The highest BCUT2D eigenvalue weighted by molar-refractivity contribution is 9.10. The van der Waals surface area contributed by atoms with Gasteiger partial charge in [0.1, 0.15) is 5.82 Å². The number of hydrogen-bond donors (Lipinski definition) is 2. The molecule has 1 aromatic rings. The summed E-state index contributed by atoms with van der Waals surface area (Å²) in [7, 11) is 0. The van der Waals surface area contributed by atoms with Crippen LogP contribution in [-0.4, -0.2) is 13.1 Å². The van der Waals surface area contributed by atoms with Gasteiger partial charge in [-0.25, -0.2) is 4.39 Å². The molecule has 0 bridgehead atoms. The van der Waals surface area contributed by atoms with Crippen molar-refractivity contribution in [3.63, 3.8) is 0 Å². The quantitative estimate of drug-likeness (QED) is 0.782. The zero-order valence-electron chi connectivity index (χ0n) is 8.60. The Labute approximate surface area is 98.2 Å². The number of rotatable bonds is 6. The van der Waals surface area contributed by atoms with Gasteiger partial charge < -0.3 is 11.1 Å². The van der Waals surface area contributed by atoms with Crippen molar-refractivity contribution in [1.82, 2.24) is 5.32 Å². The lowest BCUT2D eigenvalue weighted by molar-refractivity contribution is 0.612. The first kappa shape index (κ1) is 12.6. The van der Waals surface area contributed by atoms with Gasteiger partial charge in [0.15, 0.2) is 0 Å². The summed E-state index contributed by atoms with van der Waals surface area (Å²) in [4.78, 5) is 0. The van der Waals surface area contributed by atoms with E-state index in [1.54, 1.807) is 12.1 Å². The molecule has 3 N–H and O–H groups in total. The minimum atomic E-state index is -0.220. The van der Waals surface area contributed by atoms with E-state index in [0.29, 0.717) is 4.47 Å². The summed E-state index contributed by atoms with van der Waals surface area (Å²) in [6.07, 6.45) is 2.12. The first-order chi connectivity index (χ1) is 7.24. The topological polar surface area (TPSA) is 38.0 Å². The number of nitrogens with two attached hydrogens (primary N) is 1. The van der Waals surface area contributed by atoms with Crippen LogP contribution in [0.3, 0.4) is 0 Å². The highest BCUT2D eigenvalue weighted by Gasteiger charge is 1.99. The summed E-state index contributed by atoms with van der Waals surface area (Å²) < 4.78 is 13.4. The minimum absolute atomic E-state index is 0.220. The van der Waals surface area contributed by atoms with Crippen molar-refractivity contribution in [1.29, 1.82) is 0 Å². The summed E-state index contributed by atoms with van der Waals surface area (Å²) in [5.74, 6) is -0.220. The molecule has 0 heterocycles. The summed E-state index contributed by atoms with van der Waals surface area (Å²) in [6.45, 7) is 2.46. The minimum Gasteiger partial charge on any atom is -0.330 e. The first-order valence-corrected chi connectivity index (χ1v) is 5.88. The largest absolute Gasteiger partial charge is 0.330 e. The molecular formula is C11H16BrFN2. The molecule has 0 aliphatic heterocycles. The van der Waals surface area contributed by atoms with Crippen molar-refractivity contribution in [2.24, 2.45) is 5.73 Å². The van der Waals surface area contributed by atoms with Gasteiger partial charge in [-0.3, -0.25) is 0 Å². The number of benzene rings is 1. The third kappa shape index (κ3) is 4.73. The first-order valence-electron chi connectivity index (χ1n) is 5.08. The second kappa shape index (κ2) is 6.93. The van der Waals surface area contributed by atoms with Gasteiger partial charge in [0, 0.05) is 6.54 Å². The van der Waals surface area contributed by atoms with E-state index in [-0.39, 0.29) is 5.82 Å². The Kier molecular flexibility index (Phi) is 5.83. The Morgan fingerprint density at radius 3 is 2.80 bits per heavy atom. The third-order valence-corrected chi connectivity index (χ3v) is 2.73. The second-order valence-electron chi connectivity index (χ2n) is 3.42. The lowest BCUT2D eigenvalue weighted by Gasteiger charge is -2.05. The SMILES string of the molecule is NCCCCNCc1ccc(F)c(Br)c1. The zero-order valence-corrected chi connectivity index (χ0v) is 10.2. The monoisotopic (exact) mass is 274 g/mol. The summed E-state index contributed by atoms with van der Waals surface area (Å²) in [6, 6.07) is 5.06. The van der Waals surface area contributed by atoms with Crippen molar-refractivity contribution in [3.8, 4) is 0 Å². The molecular weight excluding hydrogens is 259 g/mol. The molecule has 0 radical (unpaired) electrons. The molecule has 1 rings (SSSR count). The molecule has 0 fully saturated rings. The van der Waals surface area contributed by atoms with Crippen molar-refractivity contribution >= 4 is 15.9 Å². The van der Waals surface area contributed by atoms with Crippen LogP contribution in [-0.2, 0) is 6.54 Å². The molecule has 84 valence electrons. The number of nitrogens with one attached hydrogen (secondary N) is 1. The Hall–Kier alpha value is -0.450. The summed E-state index contributed by atoms with van der Waals surface area (Å²) in [5, 5.41) is 3.28. The second-order valence-corrected chi connectivity index (χ2v) is 4.28. The van der Waals surface area contributed by atoms with E-state index in [9.17, 15) is 4.39 Å². The van der Waals surface area contributed by atoms with Gasteiger partial charge in [0.25, 0.3) is 0 Å². The van der Waals surface area contributed by atoms with Gasteiger partial charge in [-0.05, 0) is 59.6 Å². The molecule has 0 aliphatic carbocycles. The van der Waals surface area contributed by atoms with E-state index in [4.69, 9.17) is 5.73 Å². The van der Waals surface area contributed by atoms with E-state index < -0.39 is 0 Å². The average Bonchev–Trinajstić information content (AvgIpc) is 2.23. The maximum Gasteiger partial charge on any atom is 0.137 e. The van der Waals surface area contributed by atoms with Crippen LogP contribution in [0.4, 0.5) is 4.39 Å². The van der Waals surface area contributed by atoms with E-state index in [1.807, 2.05) is 0 Å². The molecule has 0 aromatic heterocycles. The number of hydrogen-bond acceptors (Lipinski definition) is 2. The normalized spacial score (nSPS) is 10.6. The van der Waals surface area contributed by atoms with Crippen LogP contribution in [0.1, 0.15) is 18.4 Å². The molecule has 15 heavy (non-hydrogen) atoms. The third-order valence-electron chi connectivity index (χ3n) is 2.12. The van der Waals surface area contributed by atoms with Gasteiger partial charge in [-0.2, -0.15) is 0 Å². The van der Waals surface area contributed by atoms with Crippen LogP contribution >= 0.6 is 15.9 Å². The van der Waals surface area contributed by atoms with Crippen molar-refractivity contribution in [3.05, 3.63) is 34.1 Å². The van der Waals surface area contributed by atoms with Crippen LogP contribution in [0.2, 0.25) is 0 Å². The fraction of sp³-hybridized carbons (Fsp3) is 0.455. The summed E-state index contributed by atoms with van der Waals surface area (Å²) >= 11 is 3.16. The van der Waals surface area contributed by atoms with E-state index in [0.717, 1.165) is 38.0 Å². The molecule has 0 spiro atoms. The maximum atomic E-state index is 12.9. The molecule has 0 saturated carbocycles. The average molecular weight is 275 g/mol. The van der Waals surface area contributed by atoms with Gasteiger partial charge in [0.2, 0.25) is 0 Å². The fourth-order valence-electron chi connectivity index (χ4n) is 1.28. The van der Waals surface area contributed by atoms with Gasteiger partial charge in [-0.15, -0.1) is 0 Å². The Morgan fingerprint density at radius 2 is 2.13 bits per heavy atom. The lowest BCUT2D eigenvalue weighted by atomic mass is 10.2. The smallest absolute Gasteiger partial charge is 0.137 e. The summed E-state index contributed by atoms with van der Waals surface area (Å²) in [5.41, 5.74) is 6.46. The van der Waals surface area contributed by atoms with E-state index in [2.05, 4.69) is 21.2 Å². The van der Waals surface area contributed by atoms with Crippen LogP contribution < -0.4 is 11.1 Å². The van der Waals surface area contributed by atoms with Crippen LogP contribution in [0, 0.1) is 5.82 Å². The van der Waals surface area contributed by atoms with Gasteiger partial charge >= 0.3 is 0 Å². The molecule has 1 aromatic carbocycles. The zero-order chi connectivity index (χ0) is 11.1. The van der Waals surface area contributed by atoms with E-state index in [1.165, 1.54) is 6.07 Å². The fourth-order valence-corrected chi connectivity index (χ4v) is 1.70. The standard InChI is InChI=1S/C11H16BrFN2/c12-10-7-9(3-4-11(10)13)8-15-6-2-1-5-14/h3-4,7,15H,1-2,5-6,8,14H2. The Balaban J connectivity index is 2.28. The van der Waals surface area contributed by atoms with Crippen LogP contribution in [0.5, 0.6) is 0 Å². The Morgan fingerprint density at radius 1 is 1.33 bits per heavy atom. The maximum absolute atomic E-state index is 12.9. The predicted molar refractivity (Wildman–Crippen MR) is 64.1 cm³/mol. The molecule has 4 heteroatoms. The number of halogens is 2. The number of unbranched alkanes of at least 4 members (excludes halogenated alkanes) is 1. The molecule has 0 atom stereocenters. The molecule has 0 amide bonds. The van der Waals surface area contributed by atoms with Crippen LogP contribution in [0.15, 0.2) is 22.7 Å². The molecule has 2 nitrogen and oxygen atoms in total. The predicted octanol–water partition coefficient (Wildman–Crippen LogP) is 2.42. The van der Waals surface area contributed by atoms with Gasteiger partial charge in [-0.1, -0.05) is 6.07 Å². The molecule has 0 aliphatic rings. The highest BCUT2D eigenvalue weighted by atomic mass is 79.9. The lowest BCUT2D eigenvalue weighted by Crippen LogP contribution is -2.15. The van der Waals surface area contributed by atoms with Crippen molar-refractivity contribution < 1.29 is 4.39 Å². The van der Waals surface area contributed by atoms with Crippen LogP contribution in [0.25, 0.3) is 0 Å². The highest BCUT2D eigenvalue weighted by Crippen LogP contribution is 2.16. The van der Waals surface area contributed by atoms with E-state index >= 15 is 0 Å². The Bertz CT molecular complexity index is 305. The van der Waals surface area contributed by atoms with Gasteiger partial charge in [0.05, 0.1) is 4.47 Å². The molecule has 0 saturated heterocycles. The van der Waals surface area contributed by atoms with Crippen molar-refractivity contribution in [2.75, 3.05) is 13.1 Å².